The van der Waals surface area contributed by atoms with Gasteiger partial charge in [-0.1, -0.05) is 68.3 Å². The van der Waals surface area contributed by atoms with E-state index in [2.05, 4.69) is 28.5 Å². The maximum atomic E-state index is 14.7. The predicted molar refractivity (Wildman–Crippen MR) is 143 cm³/mol. The summed E-state index contributed by atoms with van der Waals surface area (Å²) in [5, 5.41) is 0. The van der Waals surface area contributed by atoms with Gasteiger partial charge in [0.25, 0.3) is 0 Å². The molecule has 0 aliphatic heterocycles. The van der Waals surface area contributed by atoms with E-state index in [4.69, 9.17) is 0 Å². The lowest BCUT2D eigenvalue weighted by atomic mass is 9.80. The summed E-state index contributed by atoms with van der Waals surface area (Å²) in [6.07, 6.45) is 4.97. The van der Waals surface area contributed by atoms with Gasteiger partial charge in [-0.25, -0.2) is 8.78 Å². The van der Waals surface area contributed by atoms with Gasteiger partial charge in [0.1, 0.15) is 5.75 Å². The van der Waals surface area contributed by atoms with E-state index in [0.29, 0.717) is 11.5 Å². The van der Waals surface area contributed by atoms with Crippen LogP contribution in [0.25, 0.3) is 17.2 Å². The Hall–Kier alpha value is -3.75. The molecule has 0 N–H and O–H groups in total. The number of hydrogen-bond acceptors (Lipinski definition) is 2. The zero-order chi connectivity index (χ0) is 29.6. The summed E-state index contributed by atoms with van der Waals surface area (Å²) in [6, 6.07) is 10.9. The number of halogens is 7. The molecule has 1 saturated carbocycles. The Labute approximate surface area is 234 Å². The van der Waals surface area contributed by atoms with E-state index in [1.807, 2.05) is 24.3 Å². The van der Waals surface area contributed by atoms with Crippen molar-refractivity contribution in [2.24, 2.45) is 11.8 Å². The van der Waals surface area contributed by atoms with Crippen LogP contribution in [0.3, 0.4) is 0 Å². The molecule has 218 valence electrons. The normalized spacial score (nSPS) is 17.5. The van der Waals surface area contributed by atoms with Crippen LogP contribution in [0.4, 0.5) is 30.7 Å². The molecule has 0 heterocycles. The van der Waals surface area contributed by atoms with Crippen molar-refractivity contribution in [1.82, 2.24) is 0 Å². The van der Waals surface area contributed by atoms with Gasteiger partial charge in [-0.2, -0.15) is 22.0 Å². The Balaban J connectivity index is 1.39. The molecule has 0 spiro atoms. The van der Waals surface area contributed by atoms with Crippen LogP contribution < -0.4 is 9.47 Å². The Kier molecular flexibility index (Phi) is 9.78. The van der Waals surface area contributed by atoms with Gasteiger partial charge >= 0.3 is 18.2 Å². The van der Waals surface area contributed by atoms with E-state index < -0.39 is 46.9 Å². The van der Waals surface area contributed by atoms with Crippen molar-refractivity contribution in [3.05, 3.63) is 102 Å². The highest BCUT2D eigenvalue weighted by Gasteiger charge is 2.35. The molecule has 1 fully saturated rings. The first-order valence-corrected chi connectivity index (χ1v) is 13.4. The van der Waals surface area contributed by atoms with E-state index in [1.165, 1.54) is 50.7 Å². The third-order valence-corrected chi connectivity index (χ3v) is 7.17. The number of benzene rings is 3. The van der Waals surface area contributed by atoms with E-state index in [1.54, 1.807) is 0 Å². The topological polar surface area (TPSA) is 18.5 Å². The second-order valence-corrected chi connectivity index (χ2v) is 10.1. The summed E-state index contributed by atoms with van der Waals surface area (Å²) in [6.45, 7) is 2.23. The lowest BCUT2D eigenvalue weighted by molar-refractivity contribution is -0.185. The van der Waals surface area contributed by atoms with Crippen LogP contribution in [0.15, 0.2) is 78.8 Å². The molecule has 41 heavy (non-hydrogen) atoms. The van der Waals surface area contributed by atoms with Gasteiger partial charge in [-0.15, -0.1) is 0 Å². The predicted octanol–water partition coefficient (Wildman–Crippen LogP) is 10.8. The molecule has 2 nitrogen and oxygen atoms in total. The van der Waals surface area contributed by atoms with Gasteiger partial charge in [0, 0.05) is 12.1 Å². The van der Waals surface area contributed by atoms with E-state index in [0.717, 1.165) is 29.2 Å². The molecule has 0 unspecified atom stereocenters. The minimum atomic E-state index is -4.00. The van der Waals surface area contributed by atoms with Crippen LogP contribution in [0.2, 0.25) is 0 Å². The molecular weight excluding hydrogens is 549 g/mol. The Morgan fingerprint density at radius 1 is 0.854 bits per heavy atom. The Morgan fingerprint density at radius 3 is 1.95 bits per heavy atom. The third-order valence-electron chi connectivity index (χ3n) is 7.17. The molecule has 0 saturated heterocycles. The summed E-state index contributed by atoms with van der Waals surface area (Å²) in [5.41, 5.74) is 1.93. The monoisotopic (exact) mass is 578 g/mol. The van der Waals surface area contributed by atoms with Gasteiger partial charge < -0.3 is 9.47 Å². The fourth-order valence-corrected chi connectivity index (χ4v) is 5.00. The first kappa shape index (κ1) is 30.2. The Bertz CT molecular complexity index is 1350. The van der Waals surface area contributed by atoms with Gasteiger partial charge in [-0.3, -0.25) is 0 Å². The molecule has 1 aliphatic carbocycles. The molecule has 0 bridgehead atoms. The highest BCUT2D eigenvalue weighted by atomic mass is 19.3. The quantitative estimate of drug-likeness (QED) is 0.176. The van der Waals surface area contributed by atoms with Crippen LogP contribution in [0.1, 0.15) is 56.6 Å². The average molecular weight is 579 g/mol. The molecular formula is C32H29F7O2. The second kappa shape index (κ2) is 13.3. The van der Waals surface area contributed by atoms with Crippen molar-refractivity contribution in [3.63, 3.8) is 0 Å². The van der Waals surface area contributed by atoms with Crippen LogP contribution in [-0.4, -0.2) is 0 Å². The number of hydrogen-bond donors (Lipinski definition) is 0. The number of rotatable bonds is 10. The summed E-state index contributed by atoms with van der Waals surface area (Å²) in [4.78, 5) is 0. The molecule has 0 atom stereocenters. The molecule has 3 aromatic rings. The smallest absolute Gasteiger partial charge is 0.426 e. The van der Waals surface area contributed by atoms with Gasteiger partial charge in [-0.05, 0) is 66.3 Å². The third kappa shape index (κ3) is 7.93. The standard InChI is InChI=1S/C32H29F7O2/c1-2-3-20-4-6-21(7-5-20)8-9-22-10-12-23(13-11-22)24-14-16-25(17-15-24)32(38,39)41-26-18-27(33)29(28(34)19-26)40-31(37)30(35)36/h8-21H,2-7H2,1H3/b9-8+. The van der Waals surface area contributed by atoms with Crippen LogP contribution in [0.5, 0.6) is 11.5 Å². The SMILES string of the molecule is CCCC1CCC(/C=C/c2ccc(-c3ccc(C(F)(F)Oc4cc(F)c(OC(F)=C(F)F)c(F)c4)cc3)cc2)CC1. The van der Waals surface area contributed by atoms with Crippen molar-refractivity contribution in [3.8, 4) is 22.6 Å². The fraction of sp³-hybridized carbons (Fsp3) is 0.312. The number of alkyl halides is 2. The number of ether oxygens (including phenoxy) is 2. The fourth-order valence-electron chi connectivity index (χ4n) is 5.00. The minimum Gasteiger partial charge on any atom is -0.429 e. The van der Waals surface area contributed by atoms with Crippen LogP contribution in [0, 0.1) is 23.5 Å². The molecule has 1 aliphatic rings. The van der Waals surface area contributed by atoms with E-state index in [-0.39, 0.29) is 12.1 Å². The van der Waals surface area contributed by atoms with E-state index >= 15 is 0 Å². The van der Waals surface area contributed by atoms with E-state index in [9.17, 15) is 30.7 Å². The van der Waals surface area contributed by atoms with Gasteiger partial charge in [0.2, 0.25) is 5.75 Å². The summed E-state index contributed by atoms with van der Waals surface area (Å²) >= 11 is 0. The Morgan fingerprint density at radius 2 is 1.41 bits per heavy atom. The molecule has 0 radical (unpaired) electrons. The van der Waals surface area contributed by atoms with Crippen molar-refractivity contribution in [2.75, 3.05) is 0 Å². The molecule has 0 amide bonds. The number of allylic oxidation sites excluding steroid dienone is 1. The van der Waals surface area contributed by atoms with Crippen molar-refractivity contribution in [1.29, 1.82) is 0 Å². The van der Waals surface area contributed by atoms with Crippen molar-refractivity contribution in [2.45, 2.75) is 51.6 Å². The maximum absolute atomic E-state index is 14.7. The lowest BCUT2D eigenvalue weighted by Gasteiger charge is -2.26. The molecule has 3 aromatic carbocycles. The zero-order valence-electron chi connectivity index (χ0n) is 22.3. The van der Waals surface area contributed by atoms with Crippen molar-refractivity contribution < 1.29 is 40.2 Å². The first-order chi connectivity index (χ1) is 19.6. The van der Waals surface area contributed by atoms with Crippen LogP contribution in [-0.2, 0) is 6.11 Å². The average Bonchev–Trinajstić information content (AvgIpc) is 2.95. The van der Waals surface area contributed by atoms with Crippen molar-refractivity contribution >= 4 is 6.08 Å². The maximum Gasteiger partial charge on any atom is 0.426 e. The van der Waals surface area contributed by atoms with Gasteiger partial charge in [0.05, 0.1) is 5.56 Å². The summed E-state index contributed by atoms with van der Waals surface area (Å²) < 4.78 is 103. The van der Waals surface area contributed by atoms with Gasteiger partial charge in [0.15, 0.2) is 11.6 Å². The zero-order valence-corrected chi connectivity index (χ0v) is 22.3. The largest absolute Gasteiger partial charge is 0.429 e. The molecule has 4 rings (SSSR count). The first-order valence-electron chi connectivity index (χ1n) is 13.4. The minimum absolute atomic E-state index is 0.275. The summed E-state index contributed by atoms with van der Waals surface area (Å²) in [7, 11) is 0. The summed E-state index contributed by atoms with van der Waals surface area (Å²) in [5.74, 6) is -4.45. The highest BCUT2D eigenvalue weighted by Crippen LogP contribution is 2.37. The van der Waals surface area contributed by atoms with Crippen LogP contribution >= 0.6 is 0 Å². The molecule has 0 aromatic heterocycles. The lowest BCUT2D eigenvalue weighted by Crippen LogP contribution is -2.22. The highest BCUT2D eigenvalue weighted by molar-refractivity contribution is 5.66. The second-order valence-electron chi connectivity index (χ2n) is 10.1. The molecule has 9 heteroatoms.